The number of fused-ring (bicyclic) bond motifs is 1. The molecule has 108 valence electrons. The molecular formula is C17H12ClN3O. The van der Waals surface area contributed by atoms with Crippen LogP contribution in [0.3, 0.4) is 0 Å². The summed E-state index contributed by atoms with van der Waals surface area (Å²) in [5.41, 5.74) is 4.41. The molecule has 0 aliphatic rings. The number of nitrogens with zero attached hydrogens (tertiary/aromatic N) is 3. The summed E-state index contributed by atoms with van der Waals surface area (Å²) >= 11 is 6.06. The van der Waals surface area contributed by atoms with Crippen LogP contribution in [0.15, 0.2) is 59.3 Å². The van der Waals surface area contributed by atoms with Crippen LogP contribution in [-0.4, -0.2) is 14.8 Å². The lowest BCUT2D eigenvalue weighted by molar-refractivity contribution is 0.620. The van der Waals surface area contributed by atoms with E-state index in [-0.39, 0.29) is 0 Å². The van der Waals surface area contributed by atoms with Gasteiger partial charge in [0.25, 0.3) is 0 Å². The molecule has 0 spiro atoms. The summed E-state index contributed by atoms with van der Waals surface area (Å²) in [4.78, 5) is 4.48. The van der Waals surface area contributed by atoms with E-state index in [1.54, 1.807) is 10.9 Å². The van der Waals surface area contributed by atoms with Gasteiger partial charge in [-0.05, 0) is 42.8 Å². The Morgan fingerprint density at radius 2 is 2.00 bits per heavy atom. The molecular weight excluding hydrogens is 298 g/mol. The topological polar surface area (TPSA) is 43.9 Å². The Kier molecular flexibility index (Phi) is 2.98. The van der Waals surface area contributed by atoms with E-state index in [0.29, 0.717) is 5.89 Å². The Morgan fingerprint density at radius 1 is 1.14 bits per heavy atom. The highest BCUT2D eigenvalue weighted by atomic mass is 35.5. The molecule has 0 aliphatic heterocycles. The molecule has 2 heterocycles. The molecule has 0 saturated heterocycles. The molecule has 0 bridgehead atoms. The Balaban J connectivity index is 1.75. The van der Waals surface area contributed by atoms with Crippen LogP contribution in [0.2, 0.25) is 5.02 Å². The fourth-order valence-electron chi connectivity index (χ4n) is 2.34. The molecule has 0 N–H and O–H groups in total. The van der Waals surface area contributed by atoms with Gasteiger partial charge in [0, 0.05) is 11.2 Å². The van der Waals surface area contributed by atoms with E-state index in [2.05, 4.69) is 10.1 Å². The van der Waals surface area contributed by atoms with E-state index in [9.17, 15) is 0 Å². The highest BCUT2D eigenvalue weighted by molar-refractivity contribution is 6.31. The maximum absolute atomic E-state index is 6.06. The van der Waals surface area contributed by atoms with Crippen molar-refractivity contribution in [3.8, 4) is 17.1 Å². The zero-order valence-corrected chi connectivity index (χ0v) is 12.6. The van der Waals surface area contributed by atoms with E-state index in [1.807, 2.05) is 55.6 Å². The monoisotopic (exact) mass is 309 g/mol. The summed E-state index contributed by atoms with van der Waals surface area (Å²) in [7, 11) is 0. The Bertz CT molecular complexity index is 938. The number of hydrogen-bond donors (Lipinski definition) is 0. The van der Waals surface area contributed by atoms with Gasteiger partial charge in [-0.25, -0.2) is 9.67 Å². The minimum absolute atomic E-state index is 0.568. The fraction of sp³-hybridized carbons (Fsp3) is 0.0588. The lowest BCUT2D eigenvalue weighted by atomic mass is 10.2. The lowest BCUT2D eigenvalue weighted by Crippen LogP contribution is -1.94. The number of oxazole rings is 1. The molecule has 2 aromatic heterocycles. The molecule has 4 nitrogen and oxygen atoms in total. The molecule has 2 aromatic carbocycles. The van der Waals surface area contributed by atoms with Crippen molar-refractivity contribution in [2.24, 2.45) is 0 Å². The van der Waals surface area contributed by atoms with Crippen LogP contribution in [0.4, 0.5) is 0 Å². The highest BCUT2D eigenvalue weighted by Crippen LogP contribution is 2.25. The molecule has 0 saturated carbocycles. The first-order chi connectivity index (χ1) is 10.7. The molecule has 0 aliphatic carbocycles. The molecule has 0 amide bonds. The van der Waals surface area contributed by atoms with Gasteiger partial charge in [0.1, 0.15) is 5.52 Å². The van der Waals surface area contributed by atoms with E-state index < -0.39 is 0 Å². The van der Waals surface area contributed by atoms with Gasteiger partial charge in [-0.3, -0.25) is 0 Å². The lowest BCUT2D eigenvalue weighted by Gasteiger charge is -2.03. The number of aryl methyl sites for hydroxylation is 1. The van der Waals surface area contributed by atoms with Gasteiger partial charge in [0.2, 0.25) is 5.89 Å². The highest BCUT2D eigenvalue weighted by Gasteiger charge is 2.11. The summed E-state index contributed by atoms with van der Waals surface area (Å²) in [6.45, 7) is 1.97. The van der Waals surface area contributed by atoms with Crippen LogP contribution in [0.5, 0.6) is 0 Å². The van der Waals surface area contributed by atoms with Crippen LogP contribution < -0.4 is 0 Å². The van der Waals surface area contributed by atoms with Gasteiger partial charge in [0.15, 0.2) is 5.58 Å². The van der Waals surface area contributed by atoms with Gasteiger partial charge in [-0.1, -0.05) is 23.7 Å². The quantitative estimate of drug-likeness (QED) is 0.541. The first-order valence-corrected chi connectivity index (χ1v) is 7.26. The Hall–Kier alpha value is -2.59. The Labute approximate surface area is 132 Å². The average Bonchev–Trinajstić information content (AvgIpc) is 3.15. The standard InChI is InChI=1S/C17H12ClN3O/c1-11-8-13(6-7-14(11)18)21-10-12(9-19-21)17-20-15-4-2-3-5-16(15)22-17/h2-10H,1H3. The van der Waals surface area contributed by atoms with Gasteiger partial charge >= 0.3 is 0 Å². The van der Waals surface area contributed by atoms with Gasteiger partial charge in [-0.2, -0.15) is 5.10 Å². The minimum atomic E-state index is 0.568. The van der Waals surface area contributed by atoms with Gasteiger partial charge in [-0.15, -0.1) is 0 Å². The van der Waals surface area contributed by atoms with E-state index in [4.69, 9.17) is 16.0 Å². The van der Waals surface area contributed by atoms with E-state index in [0.717, 1.165) is 32.9 Å². The van der Waals surface area contributed by atoms with Crippen LogP contribution in [0.25, 0.3) is 28.2 Å². The van der Waals surface area contributed by atoms with Gasteiger partial charge < -0.3 is 4.42 Å². The Morgan fingerprint density at radius 3 is 2.82 bits per heavy atom. The summed E-state index contributed by atoms with van der Waals surface area (Å²) in [6.07, 6.45) is 3.64. The van der Waals surface area contributed by atoms with E-state index in [1.165, 1.54) is 0 Å². The molecule has 0 radical (unpaired) electrons. The summed E-state index contributed by atoms with van der Waals surface area (Å²) in [5, 5.41) is 5.12. The predicted octanol–water partition coefficient (Wildman–Crippen LogP) is 4.64. The largest absolute Gasteiger partial charge is 0.436 e. The average molecular weight is 310 g/mol. The number of halogens is 1. The number of benzene rings is 2. The van der Waals surface area contributed by atoms with Crippen molar-refractivity contribution in [2.45, 2.75) is 6.92 Å². The molecule has 0 atom stereocenters. The smallest absolute Gasteiger partial charge is 0.230 e. The van der Waals surface area contributed by atoms with Gasteiger partial charge in [0.05, 0.1) is 17.4 Å². The van der Waals surface area contributed by atoms with Crippen molar-refractivity contribution in [1.29, 1.82) is 0 Å². The van der Waals surface area contributed by atoms with Crippen molar-refractivity contribution >= 4 is 22.7 Å². The third-order valence-corrected chi connectivity index (χ3v) is 3.95. The van der Waals surface area contributed by atoms with E-state index >= 15 is 0 Å². The second kappa shape index (κ2) is 5.00. The third-order valence-electron chi connectivity index (χ3n) is 3.53. The van der Waals surface area contributed by atoms with Crippen molar-refractivity contribution in [3.05, 3.63) is 65.4 Å². The molecule has 4 aromatic rings. The summed E-state index contributed by atoms with van der Waals surface area (Å²) < 4.78 is 7.55. The van der Waals surface area contributed by atoms with Crippen molar-refractivity contribution < 1.29 is 4.42 Å². The van der Waals surface area contributed by atoms with Crippen LogP contribution in [-0.2, 0) is 0 Å². The summed E-state index contributed by atoms with van der Waals surface area (Å²) in [5.74, 6) is 0.568. The first kappa shape index (κ1) is 13.1. The van der Waals surface area contributed by atoms with Crippen molar-refractivity contribution in [2.75, 3.05) is 0 Å². The molecule has 4 rings (SSSR count). The zero-order valence-electron chi connectivity index (χ0n) is 11.8. The SMILES string of the molecule is Cc1cc(-n2cc(-c3nc4ccccc4o3)cn2)ccc1Cl. The number of aromatic nitrogens is 3. The normalized spacial score (nSPS) is 11.2. The van der Waals surface area contributed by atoms with Crippen LogP contribution >= 0.6 is 11.6 Å². The number of rotatable bonds is 2. The van der Waals surface area contributed by atoms with Crippen LogP contribution in [0.1, 0.15) is 5.56 Å². The summed E-state index contributed by atoms with van der Waals surface area (Å²) in [6, 6.07) is 13.5. The predicted molar refractivity (Wildman–Crippen MR) is 86.3 cm³/mol. The van der Waals surface area contributed by atoms with Crippen molar-refractivity contribution in [1.82, 2.24) is 14.8 Å². The third kappa shape index (κ3) is 2.18. The molecule has 0 unspecified atom stereocenters. The zero-order chi connectivity index (χ0) is 15.1. The maximum atomic E-state index is 6.06. The minimum Gasteiger partial charge on any atom is -0.436 e. The molecule has 5 heteroatoms. The number of para-hydroxylation sites is 2. The maximum Gasteiger partial charge on any atom is 0.230 e. The molecule has 0 fully saturated rings. The van der Waals surface area contributed by atoms with Crippen LogP contribution in [0, 0.1) is 6.92 Å². The molecule has 22 heavy (non-hydrogen) atoms. The van der Waals surface area contributed by atoms with Crippen molar-refractivity contribution in [3.63, 3.8) is 0 Å². The second-order valence-corrected chi connectivity index (χ2v) is 5.50. The first-order valence-electron chi connectivity index (χ1n) is 6.88. The fourth-order valence-corrected chi connectivity index (χ4v) is 2.46. The second-order valence-electron chi connectivity index (χ2n) is 5.09. The number of hydrogen-bond acceptors (Lipinski definition) is 3.